The first kappa shape index (κ1) is 32.6. The normalized spacial score (nSPS) is 40.1. The molecular weight excluding hydrogens is 594 g/mol. The number of hydrogen-bond acceptors (Lipinski definition) is 3. The summed E-state index contributed by atoms with van der Waals surface area (Å²) < 4.78 is 0. The van der Waals surface area contributed by atoms with Crippen LogP contribution in [0.1, 0.15) is 121 Å². The molecule has 0 unspecified atom stereocenters. The molecule has 2 aromatic rings. The molecule has 1 aromatic carbocycles. The van der Waals surface area contributed by atoms with Gasteiger partial charge in [0.2, 0.25) is 5.91 Å². The fourth-order valence-corrected chi connectivity index (χ4v) is 13.4. The highest BCUT2D eigenvalue weighted by molar-refractivity contribution is 5.95. The lowest BCUT2D eigenvalue weighted by Gasteiger charge is -2.71. The van der Waals surface area contributed by atoms with Crippen LogP contribution < -0.4 is 0 Å². The highest BCUT2D eigenvalue weighted by Gasteiger charge is 2.69. The van der Waals surface area contributed by atoms with E-state index >= 15 is 0 Å². The number of carbonyl (C=O) groups is 2. The molecule has 0 spiro atoms. The van der Waals surface area contributed by atoms with Gasteiger partial charge in [-0.1, -0.05) is 66.2 Å². The Balaban J connectivity index is 1.20. The molecule has 6 nitrogen and oxygen atoms in total. The number of aromatic amines is 1. The molecule has 0 bridgehead atoms. The van der Waals surface area contributed by atoms with E-state index in [0.29, 0.717) is 29.2 Å². The molecule has 0 radical (unpaired) electrons. The number of aromatic carboxylic acids is 1. The van der Waals surface area contributed by atoms with E-state index in [-0.39, 0.29) is 32.5 Å². The third kappa shape index (κ3) is 4.19. The number of amides is 1. The molecule has 2 N–H and O–H groups in total. The quantitative estimate of drug-likeness (QED) is 0.319. The van der Waals surface area contributed by atoms with Crippen LogP contribution in [0.5, 0.6) is 0 Å². The highest BCUT2D eigenvalue weighted by atomic mass is 16.4. The van der Waals surface area contributed by atoms with Crippen molar-refractivity contribution < 1.29 is 14.7 Å². The smallest absolute Gasteiger partial charge is 0.335 e. The Bertz CT molecular complexity index is 1730. The number of nitrogens with one attached hydrogen (secondary N) is 1. The number of piperazine rings is 1. The van der Waals surface area contributed by atoms with Crippen LogP contribution in [0.2, 0.25) is 0 Å². The molecule has 8 rings (SSSR count). The predicted molar refractivity (Wildman–Crippen MR) is 192 cm³/mol. The zero-order valence-corrected chi connectivity index (χ0v) is 30.9. The summed E-state index contributed by atoms with van der Waals surface area (Å²) in [5.74, 6) is 1.01. The van der Waals surface area contributed by atoms with E-state index in [1.54, 1.807) is 11.6 Å². The van der Waals surface area contributed by atoms with Crippen molar-refractivity contribution in [2.45, 2.75) is 112 Å². The lowest BCUT2D eigenvalue weighted by atomic mass is 9.33. The van der Waals surface area contributed by atoms with Gasteiger partial charge in [0, 0.05) is 48.2 Å². The molecule has 5 aliphatic carbocycles. The van der Waals surface area contributed by atoms with Crippen LogP contribution in [0.3, 0.4) is 0 Å². The summed E-state index contributed by atoms with van der Waals surface area (Å²) in [7, 11) is 2.18. The number of hydrogen-bond donors (Lipinski definition) is 2. The first-order valence-electron chi connectivity index (χ1n) is 19.0. The summed E-state index contributed by atoms with van der Waals surface area (Å²) in [6.45, 7) is 21.4. The van der Waals surface area contributed by atoms with Gasteiger partial charge in [-0.3, -0.25) is 4.79 Å². The van der Waals surface area contributed by atoms with Crippen LogP contribution in [0, 0.1) is 44.8 Å². The second-order valence-corrected chi connectivity index (χ2v) is 19.4. The van der Waals surface area contributed by atoms with Crippen LogP contribution >= 0.6 is 0 Å². The number of carboxylic acid groups (broad SMARTS) is 1. The van der Waals surface area contributed by atoms with E-state index in [1.807, 2.05) is 6.07 Å². The standard InChI is InChI=1S/C42H59N3O3/c1-37(2)15-17-42(36(48)45-21-19-44(8)20-22-45)18-16-40(6)29(30(42)25-37)11-12-33-39(5)24-28-27-10-9-26(35(46)47)23-31(27)43-34(28)38(3,4)32(39)13-14-41(33,40)7/h9-11,23,30,32-33,43H,12-22,24-25H2,1-8H3,(H,46,47)/t30-,32-,33+,39-,40+,41+,42-/m0/s1. The Morgan fingerprint density at radius 2 is 1.60 bits per heavy atom. The summed E-state index contributed by atoms with van der Waals surface area (Å²) in [5.41, 5.74) is 5.99. The second-order valence-electron chi connectivity index (χ2n) is 19.4. The summed E-state index contributed by atoms with van der Waals surface area (Å²) in [6, 6.07) is 5.67. The van der Waals surface area contributed by atoms with Crippen molar-refractivity contribution in [1.29, 1.82) is 0 Å². The fourth-order valence-electron chi connectivity index (χ4n) is 13.4. The molecule has 3 saturated carbocycles. The maximum Gasteiger partial charge on any atom is 0.335 e. The third-order valence-electron chi connectivity index (χ3n) is 16.3. The highest BCUT2D eigenvalue weighted by Crippen LogP contribution is 2.75. The number of benzene rings is 1. The minimum Gasteiger partial charge on any atom is -0.478 e. The van der Waals surface area contributed by atoms with Gasteiger partial charge in [-0.25, -0.2) is 4.79 Å². The number of likely N-dealkylation sites (N-methyl/N-ethyl adjacent to an activating group) is 1. The van der Waals surface area contributed by atoms with Crippen molar-refractivity contribution in [3.05, 3.63) is 46.7 Å². The Kier molecular flexibility index (Phi) is 6.95. The van der Waals surface area contributed by atoms with E-state index in [4.69, 9.17) is 0 Å². The average Bonchev–Trinajstić information content (AvgIpc) is 3.39. The van der Waals surface area contributed by atoms with Gasteiger partial charge in [0.1, 0.15) is 0 Å². The molecule has 1 saturated heterocycles. The zero-order chi connectivity index (χ0) is 34.2. The minimum atomic E-state index is -0.874. The number of H-pyrrole nitrogens is 1. The third-order valence-corrected chi connectivity index (χ3v) is 16.3. The fraction of sp³-hybridized carbons (Fsp3) is 0.714. The van der Waals surface area contributed by atoms with Crippen LogP contribution in [-0.4, -0.2) is 65.0 Å². The summed E-state index contributed by atoms with van der Waals surface area (Å²) in [5, 5.41) is 10.9. The summed E-state index contributed by atoms with van der Waals surface area (Å²) in [4.78, 5) is 35.0. The van der Waals surface area contributed by atoms with Gasteiger partial charge in [-0.2, -0.15) is 0 Å². The maximum atomic E-state index is 14.8. The number of aromatic nitrogens is 1. The second kappa shape index (κ2) is 10.2. The topological polar surface area (TPSA) is 76.6 Å². The van der Waals surface area contributed by atoms with Crippen LogP contribution in [0.15, 0.2) is 29.8 Å². The molecule has 4 fully saturated rings. The lowest BCUT2D eigenvalue weighted by molar-refractivity contribution is -0.173. The molecule has 48 heavy (non-hydrogen) atoms. The van der Waals surface area contributed by atoms with E-state index < -0.39 is 5.97 Å². The van der Waals surface area contributed by atoms with Crippen molar-refractivity contribution in [3.8, 4) is 0 Å². The Morgan fingerprint density at radius 3 is 2.31 bits per heavy atom. The minimum absolute atomic E-state index is 0.0407. The molecule has 1 aromatic heterocycles. The van der Waals surface area contributed by atoms with E-state index in [2.05, 4.69) is 82.4 Å². The molecule has 6 heteroatoms. The summed E-state index contributed by atoms with van der Waals surface area (Å²) in [6.07, 6.45) is 12.7. The monoisotopic (exact) mass is 653 g/mol. The molecule has 1 aliphatic heterocycles. The number of allylic oxidation sites excluding steroid dienone is 2. The number of rotatable bonds is 2. The number of carbonyl (C=O) groups excluding carboxylic acids is 1. The van der Waals surface area contributed by atoms with E-state index in [9.17, 15) is 14.7 Å². The Hall–Kier alpha value is -2.60. The van der Waals surface area contributed by atoms with Gasteiger partial charge in [-0.05, 0) is 122 Å². The maximum absolute atomic E-state index is 14.8. The van der Waals surface area contributed by atoms with Crippen LogP contribution in [-0.2, 0) is 16.6 Å². The lowest BCUT2D eigenvalue weighted by Crippen LogP contribution is -2.65. The van der Waals surface area contributed by atoms with Gasteiger partial charge >= 0.3 is 5.97 Å². The van der Waals surface area contributed by atoms with E-state index in [1.165, 1.54) is 29.5 Å². The van der Waals surface area contributed by atoms with Crippen molar-refractivity contribution >= 4 is 22.8 Å². The van der Waals surface area contributed by atoms with Gasteiger partial charge in [0.15, 0.2) is 0 Å². The Morgan fingerprint density at radius 1 is 0.896 bits per heavy atom. The van der Waals surface area contributed by atoms with E-state index in [0.717, 1.165) is 76.6 Å². The first-order chi connectivity index (χ1) is 22.5. The van der Waals surface area contributed by atoms with Gasteiger partial charge in [0.05, 0.1) is 11.0 Å². The zero-order valence-electron chi connectivity index (χ0n) is 30.9. The van der Waals surface area contributed by atoms with Gasteiger partial charge < -0.3 is 19.9 Å². The predicted octanol–water partition coefficient (Wildman–Crippen LogP) is 8.46. The summed E-state index contributed by atoms with van der Waals surface area (Å²) >= 11 is 0. The number of nitrogens with zero attached hydrogens (tertiary/aromatic N) is 2. The average molecular weight is 654 g/mol. The first-order valence-corrected chi connectivity index (χ1v) is 19.0. The van der Waals surface area contributed by atoms with Crippen molar-refractivity contribution in [3.63, 3.8) is 0 Å². The van der Waals surface area contributed by atoms with Crippen LogP contribution in [0.4, 0.5) is 0 Å². The van der Waals surface area contributed by atoms with Gasteiger partial charge in [-0.15, -0.1) is 0 Å². The molecule has 260 valence electrons. The van der Waals surface area contributed by atoms with Crippen molar-refractivity contribution in [1.82, 2.24) is 14.8 Å². The largest absolute Gasteiger partial charge is 0.478 e. The molecular formula is C42H59N3O3. The number of carboxylic acids is 1. The van der Waals surface area contributed by atoms with Gasteiger partial charge in [0.25, 0.3) is 0 Å². The van der Waals surface area contributed by atoms with Crippen molar-refractivity contribution in [2.75, 3.05) is 33.2 Å². The number of fused-ring (bicyclic) bond motifs is 10. The molecule has 2 heterocycles. The Labute approximate surface area is 288 Å². The van der Waals surface area contributed by atoms with Crippen LogP contribution in [0.25, 0.3) is 10.9 Å². The molecule has 6 aliphatic rings. The van der Waals surface area contributed by atoms with Crippen molar-refractivity contribution in [2.24, 2.45) is 44.8 Å². The molecule has 1 amide bonds. The SMILES string of the molecule is CN1CCN(C(=O)[C@]23CCC(C)(C)C[C@H]2C2=CC[C@@H]4[C@@]5(C)Cc6c([nH]c7cc(C(=O)O)ccc67)C(C)(C)[C@@H]5CC[C@@]4(C)[C@]2(C)CC3)CC1. The molecule has 7 atom stereocenters.